The number of hydrogen-bond acceptors (Lipinski definition) is 7. The number of benzene rings is 1. The normalized spacial score (nSPS) is 10.7. The minimum atomic E-state index is -0.130. The zero-order chi connectivity index (χ0) is 17.0. The number of halogens is 3. The minimum absolute atomic E-state index is 0.130. The molecular weight excluding hydrogens is 554 g/mol. The number of methoxy groups -OCH3 is 1. The molecule has 0 bridgehead atoms. The van der Waals surface area contributed by atoms with Crippen molar-refractivity contribution < 1.29 is 9.53 Å². The molecule has 0 aliphatic heterocycles. The maximum atomic E-state index is 12.2. The minimum Gasteiger partial charge on any atom is -0.495 e. The topological polar surface area (TPSA) is 64.1 Å². The number of carbonyl (C=O) groups excluding carboxylic acids is 1. The van der Waals surface area contributed by atoms with Crippen LogP contribution in [0.25, 0.3) is 0 Å². The summed E-state index contributed by atoms with van der Waals surface area (Å²) in [7, 11) is 1.58. The van der Waals surface area contributed by atoms with Gasteiger partial charge in [0.05, 0.1) is 27.5 Å². The molecule has 0 aliphatic carbocycles. The monoisotopic (exact) mass is 561 g/mol. The van der Waals surface area contributed by atoms with Crippen LogP contribution in [0.1, 0.15) is 0 Å². The van der Waals surface area contributed by atoms with Crippen molar-refractivity contribution >= 4 is 94.4 Å². The van der Waals surface area contributed by atoms with Crippen molar-refractivity contribution in [2.45, 2.75) is 9.50 Å². The molecule has 1 amide bonds. The smallest absolute Gasteiger partial charge is 0.234 e. The van der Waals surface area contributed by atoms with Gasteiger partial charge in [-0.2, -0.15) is 4.37 Å². The third-order valence-electron chi connectivity index (χ3n) is 2.51. The van der Waals surface area contributed by atoms with E-state index in [9.17, 15) is 4.79 Å². The van der Waals surface area contributed by atoms with E-state index in [2.05, 4.69) is 62.5 Å². The zero-order valence-corrected chi connectivity index (χ0v) is 19.1. The van der Waals surface area contributed by atoms with Crippen LogP contribution in [0, 0.1) is 0 Å². The molecular formula is C12H10Br3N3O2S3. The second-order valence-corrected chi connectivity index (χ2v) is 9.14. The Morgan fingerprint density at radius 1 is 1.39 bits per heavy atom. The fourth-order valence-corrected chi connectivity index (χ4v) is 5.24. The average molecular weight is 564 g/mol. The summed E-state index contributed by atoms with van der Waals surface area (Å²) in [4.78, 5) is 16.5. The van der Waals surface area contributed by atoms with Gasteiger partial charge in [0.15, 0.2) is 4.34 Å². The van der Waals surface area contributed by atoms with Crippen molar-refractivity contribution in [1.82, 2.24) is 9.36 Å². The first-order valence-electron chi connectivity index (χ1n) is 5.98. The Balaban J connectivity index is 2.04. The lowest BCUT2D eigenvalue weighted by Crippen LogP contribution is -2.15. The van der Waals surface area contributed by atoms with Gasteiger partial charge < -0.3 is 10.1 Å². The zero-order valence-electron chi connectivity index (χ0n) is 11.9. The summed E-state index contributed by atoms with van der Waals surface area (Å²) in [6, 6.07) is 1.78. The van der Waals surface area contributed by atoms with Gasteiger partial charge in [0.1, 0.15) is 5.75 Å². The molecule has 0 saturated carbocycles. The van der Waals surface area contributed by atoms with Crippen LogP contribution < -0.4 is 10.1 Å². The van der Waals surface area contributed by atoms with Crippen molar-refractivity contribution in [3.63, 3.8) is 0 Å². The molecule has 1 aromatic carbocycles. The van der Waals surface area contributed by atoms with Gasteiger partial charge in [-0.1, -0.05) is 23.5 Å². The number of anilines is 1. The molecule has 0 radical (unpaired) electrons. The molecule has 0 saturated heterocycles. The highest BCUT2D eigenvalue weighted by Crippen LogP contribution is 2.43. The van der Waals surface area contributed by atoms with E-state index in [1.165, 1.54) is 35.1 Å². The van der Waals surface area contributed by atoms with E-state index in [0.29, 0.717) is 15.9 Å². The van der Waals surface area contributed by atoms with Crippen molar-refractivity contribution in [2.24, 2.45) is 0 Å². The molecule has 0 unspecified atom stereocenters. The summed E-state index contributed by atoms with van der Waals surface area (Å²) in [5.74, 6) is 0.787. The number of thioether (sulfide) groups is 2. The first-order chi connectivity index (χ1) is 11.0. The van der Waals surface area contributed by atoms with Gasteiger partial charge >= 0.3 is 0 Å². The van der Waals surface area contributed by atoms with Gasteiger partial charge in [-0.25, -0.2) is 4.98 Å². The van der Waals surface area contributed by atoms with Crippen LogP contribution >= 0.6 is 82.8 Å². The predicted molar refractivity (Wildman–Crippen MR) is 107 cm³/mol. The van der Waals surface area contributed by atoms with E-state index in [-0.39, 0.29) is 11.7 Å². The standard InChI is InChI=1S/C12H10Br3N3O2S3/c1-20-6-3-5(13)10(9(15)8(6)14)16-7(19)4-22-12-17-11(21-2)18-23-12/h3H,4H2,1-2H3,(H,16,19). The van der Waals surface area contributed by atoms with Crippen LogP contribution in [0.3, 0.4) is 0 Å². The number of carbonyl (C=O) groups is 1. The summed E-state index contributed by atoms with van der Waals surface area (Å²) in [6.07, 6.45) is 1.92. The number of nitrogens with zero attached hydrogens (tertiary/aromatic N) is 2. The largest absolute Gasteiger partial charge is 0.495 e. The fraction of sp³-hybridized carbons (Fsp3) is 0.250. The number of nitrogens with one attached hydrogen (secondary N) is 1. The SMILES string of the molecule is COc1cc(Br)c(NC(=O)CSc2nc(SC)ns2)c(Br)c1Br. The first-order valence-corrected chi connectivity index (χ1v) is 11.3. The van der Waals surface area contributed by atoms with Crippen LogP contribution in [-0.4, -0.2) is 34.4 Å². The molecule has 2 rings (SSSR count). The molecule has 0 spiro atoms. The molecule has 0 atom stereocenters. The van der Waals surface area contributed by atoms with Crippen LogP contribution in [0.15, 0.2) is 29.0 Å². The Labute approximate surface area is 171 Å². The number of ether oxygens (including phenoxy) is 1. The lowest BCUT2D eigenvalue weighted by molar-refractivity contribution is -0.113. The van der Waals surface area contributed by atoms with E-state index in [0.717, 1.165) is 18.4 Å². The van der Waals surface area contributed by atoms with Gasteiger partial charge in [0.2, 0.25) is 11.1 Å². The lowest BCUT2D eigenvalue weighted by Gasteiger charge is -2.13. The van der Waals surface area contributed by atoms with Gasteiger partial charge in [-0.3, -0.25) is 4.79 Å². The van der Waals surface area contributed by atoms with E-state index < -0.39 is 0 Å². The van der Waals surface area contributed by atoms with E-state index in [1.54, 1.807) is 13.2 Å². The molecule has 0 aliphatic rings. The molecule has 1 heterocycles. The van der Waals surface area contributed by atoms with Crippen molar-refractivity contribution in [3.8, 4) is 5.75 Å². The van der Waals surface area contributed by atoms with Crippen LogP contribution in [0.4, 0.5) is 5.69 Å². The van der Waals surface area contributed by atoms with Crippen molar-refractivity contribution in [3.05, 3.63) is 19.5 Å². The predicted octanol–water partition coefficient (Wildman–Crippen LogP) is 5.29. The highest BCUT2D eigenvalue weighted by Gasteiger charge is 2.17. The Bertz CT molecular complexity index is 727. The summed E-state index contributed by atoms with van der Waals surface area (Å²) < 4.78 is 12.4. The molecule has 124 valence electrons. The summed E-state index contributed by atoms with van der Waals surface area (Å²) in [6.45, 7) is 0. The lowest BCUT2D eigenvalue weighted by atomic mass is 10.3. The number of amides is 1. The fourth-order valence-electron chi connectivity index (χ4n) is 1.48. The van der Waals surface area contributed by atoms with Crippen LogP contribution in [0.2, 0.25) is 0 Å². The number of aromatic nitrogens is 2. The van der Waals surface area contributed by atoms with Gasteiger partial charge in [-0.05, 0) is 71.6 Å². The van der Waals surface area contributed by atoms with Gasteiger partial charge in [-0.15, -0.1) is 0 Å². The number of rotatable bonds is 6. The van der Waals surface area contributed by atoms with Crippen molar-refractivity contribution in [2.75, 3.05) is 24.4 Å². The Morgan fingerprint density at radius 3 is 2.74 bits per heavy atom. The molecule has 23 heavy (non-hydrogen) atoms. The summed E-state index contributed by atoms with van der Waals surface area (Å²) in [5.41, 5.74) is 0.644. The third kappa shape index (κ3) is 5.08. The molecule has 0 fully saturated rings. The molecule has 1 N–H and O–H groups in total. The first kappa shape index (κ1) is 19.5. The quantitative estimate of drug-likeness (QED) is 0.381. The van der Waals surface area contributed by atoms with Crippen LogP contribution in [0.5, 0.6) is 5.75 Å². The molecule has 5 nitrogen and oxygen atoms in total. The van der Waals surface area contributed by atoms with Crippen LogP contribution in [-0.2, 0) is 4.79 Å². The van der Waals surface area contributed by atoms with E-state index in [4.69, 9.17) is 4.74 Å². The number of hydrogen-bond donors (Lipinski definition) is 1. The second kappa shape index (κ2) is 9.04. The summed E-state index contributed by atoms with van der Waals surface area (Å²) in [5, 5.41) is 3.60. The van der Waals surface area contributed by atoms with E-state index in [1.807, 2.05) is 6.26 Å². The third-order valence-corrected chi connectivity index (χ3v) is 7.74. The summed E-state index contributed by atoms with van der Waals surface area (Å²) >= 11 is 14.5. The maximum absolute atomic E-state index is 12.2. The molecule has 2 aromatic rings. The van der Waals surface area contributed by atoms with Gasteiger partial charge in [0.25, 0.3) is 0 Å². The Kier molecular flexibility index (Phi) is 7.67. The van der Waals surface area contributed by atoms with Gasteiger partial charge in [0, 0.05) is 4.47 Å². The Morgan fingerprint density at radius 2 is 2.13 bits per heavy atom. The molecule has 11 heteroatoms. The Hall–Kier alpha value is 0.190. The highest BCUT2D eigenvalue weighted by molar-refractivity contribution is 9.13. The van der Waals surface area contributed by atoms with Crippen molar-refractivity contribution in [1.29, 1.82) is 0 Å². The second-order valence-electron chi connectivity index (χ2n) is 3.95. The highest BCUT2D eigenvalue weighted by atomic mass is 79.9. The maximum Gasteiger partial charge on any atom is 0.234 e. The molecule has 1 aromatic heterocycles. The average Bonchev–Trinajstić information content (AvgIpc) is 3.01. The van der Waals surface area contributed by atoms with E-state index >= 15 is 0 Å².